The number of rotatable bonds is 3. The summed E-state index contributed by atoms with van der Waals surface area (Å²) < 4.78 is 0. The summed E-state index contributed by atoms with van der Waals surface area (Å²) in [4.78, 5) is 3.80. The Morgan fingerprint density at radius 3 is 2.22 bits per heavy atom. The third-order valence-electron chi connectivity index (χ3n) is 1.75. The van der Waals surface area contributed by atoms with Crippen molar-refractivity contribution < 1.29 is 0 Å². The Labute approximate surface area is 57.2 Å². The van der Waals surface area contributed by atoms with Crippen molar-refractivity contribution in [3.05, 3.63) is 0 Å². The summed E-state index contributed by atoms with van der Waals surface area (Å²) in [6.45, 7) is 10.3. The van der Waals surface area contributed by atoms with Crippen molar-refractivity contribution in [3.8, 4) is 0 Å². The zero-order chi connectivity index (χ0) is 7.49. The number of hydrogen-bond donors (Lipinski definition) is 1. The van der Waals surface area contributed by atoms with Crippen LogP contribution in [0.4, 0.5) is 0 Å². The van der Waals surface area contributed by atoms with Gasteiger partial charge in [-0.05, 0) is 19.1 Å². The van der Waals surface area contributed by atoms with E-state index < -0.39 is 0 Å². The molecule has 0 aromatic carbocycles. The molecule has 0 aromatic rings. The number of hydrogen-bond acceptors (Lipinski definition) is 2. The maximum Gasteiger partial charge on any atom is 0.0447 e. The largest absolute Gasteiger partial charge is 0.327 e. The van der Waals surface area contributed by atoms with Crippen molar-refractivity contribution in [2.24, 2.45) is 16.1 Å². The summed E-state index contributed by atoms with van der Waals surface area (Å²) in [5.74, 6) is 0. The van der Waals surface area contributed by atoms with Crippen LogP contribution in [0.1, 0.15) is 20.8 Å². The molecule has 0 radical (unpaired) electrons. The van der Waals surface area contributed by atoms with Crippen molar-refractivity contribution >= 4 is 6.72 Å². The zero-order valence-corrected chi connectivity index (χ0v) is 6.52. The van der Waals surface area contributed by atoms with Gasteiger partial charge < -0.3 is 10.7 Å². The average molecular weight is 128 g/mol. The Morgan fingerprint density at radius 2 is 2.11 bits per heavy atom. The number of nitrogens with two attached hydrogens (primary N) is 1. The average Bonchev–Trinajstić information content (AvgIpc) is 1.65. The van der Waals surface area contributed by atoms with E-state index in [0.29, 0.717) is 0 Å². The maximum atomic E-state index is 5.67. The third kappa shape index (κ3) is 2.61. The predicted octanol–water partition coefficient (Wildman–Crippen LogP) is 1.06. The van der Waals surface area contributed by atoms with Crippen molar-refractivity contribution in [2.75, 3.05) is 6.54 Å². The molecule has 9 heavy (non-hydrogen) atoms. The van der Waals surface area contributed by atoms with Crippen LogP contribution in [0.25, 0.3) is 0 Å². The van der Waals surface area contributed by atoms with Gasteiger partial charge >= 0.3 is 0 Å². The predicted molar refractivity (Wildman–Crippen MR) is 41.8 cm³/mol. The van der Waals surface area contributed by atoms with Gasteiger partial charge in [0, 0.05) is 12.6 Å². The summed E-state index contributed by atoms with van der Waals surface area (Å²) in [5, 5.41) is 0. The summed E-state index contributed by atoms with van der Waals surface area (Å²) in [6, 6.07) is 0.183. The molecular formula is C7H16N2. The summed E-state index contributed by atoms with van der Waals surface area (Å²) in [6.07, 6.45) is 0. The second-order valence-corrected chi connectivity index (χ2v) is 3.16. The van der Waals surface area contributed by atoms with Crippen molar-refractivity contribution in [1.29, 1.82) is 0 Å². The van der Waals surface area contributed by atoms with Crippen LogP contribution in [0.2, 0.25) is 0 Å². The molecule has 0 aliphatic rings. The number of nitrogens with zero attached hydrogens (tertiary/aromatic N) is 1. The first-order valence-corrected chi connectivity index (χ1v) is 3.19. The first-order chi connectivity index (χ1) is 4.00. The monoisotopic (exact) mass is 128 g/mol. The minimum Gasteiger partial charge on any atom is -0.327 e. The van der Waals surface area contributed by atoms with E-state index in [4.69, 9.17) is 5.73 Å². The van der Waals surface area contributed by atoms with Gasteiger partial charge in [0.05, 0.1) is 0 Å². The van der Waals surface area contributed by atoms with Gasteiger partial charge in [0.1, 0.15) is 0 Å². The molecule has 0 saturated carbocycles. The molecule has 0 amide bonds. The van der Waals surface area contributed by atoms with Gasteiger partial charge in [-0.15, -0.1) is 0 Å². The quantitative estimate of drug-likeness (QED) is 0.567. The van der Waals surface area contributed by atoms with E-state index in [1.807, 2.05) is 6.92 Å². The van der Waals surface area contributed by atoms with Crippen molar-refractivity contribution in [1.82, 2.24) is 0 Å². The molecule has 2 N–H and O–H groups in total. The van der Waals surface area contributed by atoms with Crippen LogP contribution in [-0.2, 0) is 0 Å². The smallest absolute Gasteiger partial charge is 0.0447 e. The van der Waals surface area contributed by atoms with Crippen LogP contribution < -0.4 is 5.73 Å². The highest BCUT2D eigenvalue weighted by Crippen LogP contribution is 2.18. The molecule has 0 rings (SSSR count). The van der Waals surface area contributed by atoms with E-state index in [0.717, 1.165) is 6.54 Å². The van der Waals surface area contributed by atoms with Gasteiger partial charge in [-0.1, -0.05) is 13.8 Å². The summed E-state index contributed by atoms with van der Waals surface area (Å²) >= 11 is 0. The Morgan fingerprint density at radius 1 is 1.67 bits per heavy atom. The first kappa shape index (κ1) is 8.63. The van der Waals surface area contributed by atoms with Gasteiger partial charge in [0.25, 0.3) is 0 Å². The normalized spacial score (nSPS) is 15.1. The van der Waals surface area contributed by atoms with E-state index in [1.54, 1.807) is 0 Å². The highest BCUT2D eigenvalue weighted by atomic mass is 14.8. The lowest BCUT2D eigenvalue weighted by molar-refractivity contribution is 0.315. The molecule has 2 heteroatoms. The van der Waals surface area contributed by atoms with Gasteiger partial charge in [-0.25, -0.2) is 0 Å². The number of aliphatic imine (C=N–C) groups is 1. The highest BCUT2D eigenvalue weighted by Gasteiger charge is 2.21. The fourth-order valence-corrected chi connectivity index (χ4v) is 0.432. The molecule has 0 bridgehead atoms. The van der Waals surface area contributed by atoms with Gasteiger partial charge in [-0.3, -0.25) is 0 Å². The molecule has 0 aliphatic carbocycles. The van der Waals surface area contributed by atoms with Crippen LogP contribution in [0.15, 0.2) is 4.99 Å². The molecule has 2 nitrogen and oxygen atoms in total. The highest BCUT2D eigenvalue weighted by molar-refractivity contribution is 5.23. The zero-order valence-electron chi connectivity index (χ0n) is 6.52. The van der Waals surface area contributed by atoms with Gasteiger partial charge in [0.2, 0.25) is 0 Å². The van der Waals surface area contributed by atoms with Gasteiger partial charge in [0.15, 0.2) is 0 Å². The fourth-order valence-electron chi connectivity index (χ4n) is 0.432. The van der Waals surface area contributed by atoms with E-state index in [-0.39, 0.29) is 11.5 Å². The molecule has 1 unspecified atom stereocenters. The SMILES string of the molecule is C=NCC(C)(C)C(C)N. The molecular weight excluding hydrogens is 112 g/mol. The third-order valence-corrected chi connectivity index (χ3v) is 1.75. The lowest BCUT2D eigenvalue weighted by Crippen LogP contribution is -2.36. The molecule has 0 fully saturated rings. The van der Waals surface area contributed by atoms with Crippen LogP contribution in [-0.4, -0.2) is 19.3 Å². The lowest BCUT2D eigenvalue weighted by atomic mass is 9.86. The van der Waals surface area contributed by atoms with Crippen LogP contribution >= 0.6 is 0 Å². The standard InChI is InChI=1S/C7H16N2/c1-6(8)7(2,3)5-9-4/h6H,4-5,8H2,1-3H3. The second-order valence-electron chi connectivity index (χ2n) is 3.16. The van der Waals surface area contributed by atoms with E-state index in [9.17, 15) is 0 Å². The van der Waals surface area contributed by atoms with E-state index in [2.05, 4.69) is 25.6 Å². The fraction of sp³-hybridized carbons (Fsp3) is 0.857. The molecule has 1 atom stereocenters. The molecule has 0 aliphatic heterocycles. The summed E-state index contributed by atoms with van der Waals surface area (Å²) in [5.41, 5.74) is 5.77. The lowest BCUT2D eigenvalue weighted by Gasteiger charge is -2.26. The molecule has 0 heterocycles. The van der Waals surface area contributed by atoms with Crippen LogP contribution in [0.3, 0.4) is 0 Å². The molecule has 0 saturated heterocycles. The van der Waals surface area contributed by atoms with Crippen LogP contribution in [0.5, 0.6) is 0 Å². The maximum absolute atomic E-state index is 5.67. The van der Waals surface area contributed by atoms with E-state index >= 15 is 0 Å². The Bertz CT molecular complexity index is 95.1. The molecule has 54 valence electrons. The Kier molecular flexibility index (Phi) is 2.85. The van der Waals surface area contributed by atoms with E-state index in [1.165, 1.54) is 0 Å². The summed E-state index contributed by atoms with van der Waals surface area (Å²) in [7, 11) is 0. The topological polar surface area (TPSA) is 38.4 Å². The molecule has 0 aromatic heterocycles. The second kappa shape index (κ2) is 2.97. The Hall–Kier alpha value is -0.370. The van der Waals surface area contributed by atoms with Crippen molar-refractivity contribution in [2.45, 2.75) is 26.8 Å². The molecule has 0 spiro atoms. The minimum atomic E-state index is 0.0990. The van der Waals surface area contributed by atoms with Crippen LogP contribution in [0, 0.1) is 5.41 Å². The minimum absolute atomic E-state index is 0.0990. The van der Waals surface area contributed by atoms with Crippen molar-refractivity contribution in [3.63, 3.8) is 0 Å². The van der Waals surface area contributed by atoms with Gasteiger partial charge in [-0.2, -0.15) is 0 Å². The Balaban J connectivity index is 3.84. The first-order valence-electron chi connectivity index (χ1n) is 3.19.